The molecule has 2 unspecified atom stereocenters. The van der Waals surface area contributed by atoms with Gasteiger partial charge in [-0.05, 0) is 42.6 Å². The fraction of sp³-hybridized carbons (Fsp3) is 0.429. The standard InChI is InChI=1S/C21H27N3O3/c1-22-20-15-18(24(13-14-25)21(26)27)10-12-23(20)11-9-17-7-4-6-16-5-2-3-8-19(16)17/h2-8,14,18,20,22H,9-13,15H2,1H3,(H,26,27). The minimum atomic E-state index is -1.02. The first kappa shape index (κ1) is 19.3. The van der Waals surface area contributed by atoms with E-state index in [-0.39, 0.29) is 18.8 Å². The first-order chi connectivity index (χ1) is 13.1. The Morgan fingerprint density at radius 2 is 2.07 bits per heavy atom. The predicted octanol–water partition coefficient (Wildman–Crippen LogP) is 2.57. The summed E-state index contributed by atoms with van der Waals surface area (Å²) in [6, 6.07) is 14.7. The maximum Gasteiger partial charge on any atom is 0.407 e. The molecule has 0 saturated carbocycles. The van der Waals surface area contributed by atoms with E-state index >= 15 is 0 Å². The van der Waals surface area contributed by atoms with Gasteiger partial charge in [0.05, 0.1) is 12.7 Å². The quantitative estimate of drug-likeness (QED) is 0.734. The van der Waals surface area contributed by atoms with Crippen LogP contribution in [0.2, 0.25) is 0 Å². The van der Waals surface area contributed by atoms with Crippen molar-refractivity contribution in [2.45, 2.75) is 31.5 Å². The summed E-state index contributed by atoms with van der Waals surface area (Å²) in [5.41, 5.74) is 1.33. The second kappa shape index (κ2) is 8.97. The van der Waals surface area contributed by atoms with Crippen molar-refractivity contribution in [2.75, 3.05) is 26.7 Å². The third-order valence-electron chi connectivity index (χ3n) is 5.52. The molecule has 6 heteroatoms. The first-order valence-electron chi connectivity index (χ1n) is 9.45. The van der Waals surface area contributed by atoms with Crippen LogP contribution in [0.15, 0.2) is 42.5 Å². The zero-order valence-electron chi connectivity index (χ0n) is 15.7. The molecule has 2 atom stereocenters. The van der Waals surface area contributed by atoms with Crippen molar-refractivity contribution in [3.05, 3.63) is 48.0 Å². The van der Waals surface area contributed by atoms with Gasteiger partial charge in [-0.1, -0.05) is 42.5 Å². The summed E-state index contributed by atoms with van der Waals surface area (Å²) in [5, 5.41) is 15.2. The molecule has 0 aromatic heterocycles. The highest BCUT2D eigenvalue weighted by molar-refractivity contribution is 5.85. The number of hydrogen-bond acceptors (Lipinski definition) is 4. The van der Waals surface area contributed by atoms with Crippen molar-refractivity contribution in [3.63, 3.8) is 0 Å². The molecule has 0 bridgehead atoms. The zero-order chi connectivity index (χ0) is 19.2. The number of benzene rings is 2. The molecule has 1 saturated heterocycles. The van der Waals surface area contributed by atoms with Crippen LogP contribution < -0.4 is 5.32 Å². The summed E-state index contributed by atoms with van der Waals surface area (Å²) in [4.78, 5) is 25.9. The van der Waals surface area contributed by atoms with E-state index < -0.39 is 6.09 Å². The number of nitrogens with one attached hydrogen (secondary N) is 1. The third-order valence-corrected chi connectivity index (χ3v) is 5.52. The van der Waals surface area contributed by atoms with Gasteiger partial charge in [0.2, 0.25) is 0 Å². The van der Waals surface area contributed by atoms with E-state index in [0.717, 1.165) is 25.9 Å². The number of carbonyl (C=O) groups excluding carboxylic acids is 1. The molecule has 2 aromatic rings. The van der Waals surface area contributed by atoms with Crippen molar-refractivity contribution in [1.82, 2.24) is 15.1 Å². The van der Waals surface area contributed by atoms with Gasteiger partial charge >= 0.3 is 6.09 Å². The van der Waals surface area contributed by atoms with E-state index in [1.165, 1.54) is 21.2 Å². The van der Waals surface area contributed by atoms with Gasteiger partial charge in [0, 0.05) is 19.1 Å². The summed E-state index contributed by atoms with van der Waals surface area (Å²) >= 11 is 0. The Morgan fingerprint density at radius 1 is 1.30 bits per heavy atom. The first-order valence-corrected chi connectivity index (χ1v) is 9.45. The topological polar surface area (TPSA) is 72.9 Å². The number of piperidine rings is 1. The van der Waals surface area contributed by atoms with Crippen LogP contribution in [0.4, 0.5) is 4.79 Å². The van der Waals surface area contributed by atoms with E-state index in [9.17, 15) is 14.7 Å². The van der Waals surface area contributed by atoms with Crippen molar-refractivity contribution >= 4 is 23.2 Å². The van der Waals surface area contributed by atoms with E-state index in [4.69, 9.17) is 0 Å². The molecular weight excluding hydrogens is 342 g/mol. The second-order valence-corrected chi connectivity index (χ2v) is 7.01. The zero-order valence-corrected chi connectivity index (χ0v) is 15.7. The number of aldehydes is 1. The van der Waals surface area contributed by atoms with Crippen LogP contribution in [-0.4, -0.2) is 66.2 Å². The Balaban J connectivity index is 1.66. The number of amides is 1. The average molecular weight is 369 g/mol. The Labute approximate surface area is 159 Å². The van der Waals surface area contributed by atoms with E-state index in [0.29, 0.717) is 12.7 Å². The Bertz CT molecular complexity index is 790. The summed E-state index contributed by atoms with van der Waals surface area (Å²) in [5.74, 6) is 0. The second-order valence-electron chi connectivity index (χ2n) is 7.01. The predicted molar refractivity (Wildman–Crippen MR) is 106 cm³/mol. The molecule has 2 N–H and O–H groups in total. The number of rotatable bonds is 7. The SMILES string of the molecule is CNC1CC(N(CC=O)C(=O)O)CCN1CCc1cccc2ccccc12. The summed E-state index contributed by atoms with van der Waals surface area (Å²) in [6.45, 7) is 1.66. The molecule has 2 aromatic carbocycles. The average Bonchev–Trinajstić information content (AvgIpc) is 2.70. The monoisotopic (exact) mass is 369 g/mol. The highest BCUT2D eigenvalue weighted by Gasteiger charge is 2.32. The molecule has 6 nitrogen and oxygen atoms in total. The van der Waals surface area contributed by atoms with Crippen LogP contribution in [0.5, 0.6) is 0 Å². The molecule has 1 heterocycles. The largest absolute Gasteiger partial charge is 0.465 e. The molecular formula is C21H27N3O3. The lowest BCUT2D eigenvalue weighted by molar-refractivity contribution is -0.109. The Morgan fingerprint density at radius 3 is 2.81 bits per heavy atom. The number of likely N-dealkylation sites (tertiary alicyclic amines) is 1. The van der Waals surface area contributed by atoms with Gasteiger partial charge < -0.3 is 15.2 Å². The Kier molecular flexibility index (Phi) is 6.42. The van der Waals surface area contributed by atoms with E-state index in [1.807, 2.05) is 7.05 Å². The highest BCUT2D eigenvalue weighted by Crippen LogP contribution is 2.23. The molecule has 1 aliphatic rings. The van der Waals surface area contributed by atoms with E-state index in [1.54, 1.807) is 0 Å². The lowest BCUT2D eigenvalue weighted by atomic mass is 9.98. The molecule has 1 fully saturated rings. The van der Waals surface area contributed by atoms with Crippen LogP contribution in [0.3, 0.4) is 0 Å². The summed E-state index contributed by atoms with van der Waals surface area (Å²) in [6.07, 6.45) is 2.12. The van der Waals surface area contributed by atoms with Crippen molar-refractivity contribution in [2.24, 2.45) is 0 Å². The normalized spacial score (nSPS) is 20.5. The van der Waals surface area contributed by atoms with Gasteiger partial charge in [0.25, 0.3) is 0 Å². The summed E-state index contributed by atoms with van der Waals surface area (Å²) in [7, 11) is 1.91. The molecule has 0 spiro atoms. The van der Waals surface area contributed by atoms with Gasteiger partial charge in [-0.2, -0.15) is 0 Å². The van der Waals surface area contributed by atoms with Crippen molar-refractivity contribution < 1.29 is 14.7 Å². The molecule has 27 heavy (non-hydrogen) atoms. The minimum absolute atomic E-state index is 0.0631. The fourth-order valence-corrected chi connectivity index (χ4v) is 4.08. The molecule has 0 aliphatic carbocycles. The number of hydrogen-bond donors (Lipinski definition) is 2. The molecule has 1 aliphatic heterocycles. The number of carbonyl (C=O) groups is 2. The number of fused-ring (bicyclic) bond motifs is 1. The minimum Gasteiger partial charge on any atom is -0.465 e. The van der Waals surface area contributed by atoms with Gasteiger partial charge in [-0.3, -0.25) is 9.80 Å². The van der Waals surface area contributed by atoms with Gasteiger partial charge in [0.1, 0.15) is 6.29 Å². The lowest BCUT2D eigenvalue weighted by Crippen LogP contribution is -2.56. The smallest absolute Gasteiger partial charge is 0.407 e. The molecule has 0 radical (unpaired) electrons. The van der Waals surface area contributed by atoms with Gasteiger partial charge in [-0.25, -0.2) is 4.79 Å². The van der Waals surface area contributed by atoms with Crippen LogP contribution in [0.25, 0.3) is 10.8 Å². The van der Waals surface area contributed by atoms with Gasteiger partial charge in [-0.15, -0.1) is 0 Å². The summed E-state index contributed by atoms with van der Waals surface area (Å²) < 4.78 is 0. The maximum absolute atomic E-state index is 11.4. The van der Waals surface area contributed by atoms with Crippen molar-refractivity contribution in [3.8, 4) is 0 Å². The number of carboxylic acid groups (broad SMARTS) is 1. The van der Waals surface area contributed by atoms with Crippen LogP contribution in [-0.2, 0) is 11.2 Å². The van der Waals surface area contributed by atoms with Crippen LogP contribution >= 0.6 is 0 Å². The van der Waals surface area contributed by atoms with Gasteiger partial charge in [0.15, 0.2) is 0 Å². The molecule has 1 amide bonds. The fourth-order valence-electron chi connectivity index (χ4n) is 4.08. The molecule has 144 valence electrons. The van der Waals surface area contributed by atoms with E-state index in [2.05, 4.69) is 52.7 Å². The van der Waals surface area contributed by atoms with Crippen LogP contribution in [0, 0.1) is 0 Å². The highest BCUT2D eigenvalue weighted by atomic mass is 16.4. The lowest BCUT2D eigenvalue weighted by Gasteiger charge is -2.42. The third kappa shape index (κ3) is 4.46. The van der Waals surface area contributed by atoms with Crippen LogP contribution in [0.1, 0.15) is 18.4 Å². The maximum atomic E-state index is 11.4. The molecule has 3 rings (SSSR count). The van der Waals surface area contributed by atoms with Crippen molar-refractivity contribution in [1.29, 1.82) is 0 Å². The Hall–Kier alpha value is -2.44. The number of nitrogens with zero attached hydrogens (tertiary/aromatic N) is 2.